The molecule has 0 saturated heterocycles. The summed E-state index contributed by atoms with van der Waals surface area (Å²) in [6.07, 6.45) is 1.01. The Morgan fingerprint density at radius 1 is 1.18 bits per heavy atom. The van der Waals surface area contributed by atoms with Crippen LogP contribution in [-0.4, -0.2) is 20.6 Å². The SMILES string of the molecule is CCCn1c(Nc2ccc(C(=O)O)cc2)nc2ccccc21. The first-order valence-corrected chi connectivity index (χ1v) is 7.24. The minimum Gasteiger partial charge on any atom is -0.478 e. The molecule has 5 nitrogen and oxygen atoms in total. The zero-order valence-corrected chi connectivity index (χ0v) is 12.3. The van der Waals surface area contributed by atoms with Gasteiger partial charge in [-0.15, -0.1) is 0 Å². The zero-order valence-electron chi connectivity index (χ0n) is 12.3. The number of nitrogens with one attached hydrogen (secondary N) is 1. The Hall–Kier alpha value is -2.82. The van der Waals surface area contributed by atoms with Crippen LogP contribution in [0.3, 0.4) is 0 Å². The van der Waals surface area contributed by atoms with Gasteiger partial charge in [-0.2, -0.15) is 0 Å². The molecule has 22 heavy (non-hydrogen) atoms. The maximum absolute atomic E-state index is 10.9. The average Bonchev–Trinajstić information content (AvgIpc) is 2.86. The van der Waals surface area contributed by atoms with Crippen LogP contribution in [0.15, 0.2) is 48.5 Å². The number of benzene rings is 2. The number of aromatic nitrogens is 2. The molecule has 3 aromatic rings. The molecule has 112 valence electrons. The highest BCUT2D eigenvalue weighted by Crippen LogP contribution is 2.23. The maximum atomic E-state index is 10.9. The van der Waals surface area contributed by atoms with Gasteiger partial charge in [0.25, 0.3) is 0 Å². The number of carboxylic acid groups (broad SMARTS) is 1. The van der Waals surface area contributed by atoms with E-state index in [9.17, 15) is 4.79 Å². The van der Waals surface area contributed by atoms with E-state index in [4.69, 9.17) is 5.11 Å². The molecule has 1 heterocycles. The van der Waals surface area contributed by atoms with Crippen molar-refractivity contribution >= 4 is 28.6 Å². The summed E-state index contributed by atoms with van der Waals surface area (Å²) in [5, 5.41) is 12.2. The van der Waals surface area contributed by atoms with E-state index < -0.39 is 5.97 Å². The number of fused-ring (bicyclic) bond motifs is 1. The van der Waals surface area contributed by atoms with Gasteiger partial charge in [0.15, 0.2) is 0 Å². The van der Waals surface area contributed by atoms with E-state index >= 15 is 0 Å². The number of nitrogens with zero attached hydrogens (tertiary/aromatic N) is 2. The standard InChI is InChI=1S/C17H17N3O2/c1-2-11-20-15-6-4-3-5-14(15)19-17(20)18-13-9-7-12(8-10-13)16(21)22/h3-10H,2,11H2,1H3,(H,18,19)(H,21,22). The highest BCUT2D eigenvalue weighted by molar-refractivity contribution is 5.88. The summed E-state index contributed by atoms with van der Waals surface area (Å²) in [6.45, 7) is 3.00. The molecule has 0 fully saturated rings. The second kappa shape index (κ2) is 5.89. The summed E-state index contributed by atoms with van der Waals surface area (Å²) in [7, 11) is 0. The monoisotopic (exact) mass is 295 g/mol. The highest BCUT2D eigenvalue weighted by Gasteiger charge is 2.10. The minimum atomic E-state index is -0.926. The molecule has 0 saturated carbocycles. The molecule has 2 aromatic carbocycles. The van der Waals surface area contributed by atoms with Gasteiger partial charge in [0.1, 0.15) is 0 Å². The van der Waals surface area contributed by atoms with Crippen LogP contribution < -0.4 is 5.32 Å². The lowest BCUT2D eigenvalue weighted by atomic mass is 10.2. The van der Waals surface area contributed by atoms with Gasteiger partial charge >= 0.3 is 5.97 Å². The summed E-state index contributed by atoms with van der Waals surface area (Å²) in [4.78, 5) is 15.5. The average molecular weight is 295 g/mol. The third-order valence-corrected chi connectivity index (χ3v) is 3.49. The van der Waals surface area contributed by atoms with Gasteiger partial charge in [-0.25, -0.2) is 9.78 Å². The van der Waals surface area contributed by atoms with Gasteiger partial charge in [0.05, 0.1) is 16.6 Å². The molecule has 5 heteroatoms. The van der Waals surface area contributed by atoms with Crippen LogP contribution in [-0.2, 0) is 6.54 Å². The number of rotatable bonds is 5. The predicted molar refractivity (Wildman–Crippen MR) is 86.7 cm³/mol. The maximum Gasteiger partial charge on any atom is 0.335 e. The number of carbonyl (C=O) groups is 1. The van der Waals surface area contributed by atoms with Crippen molar-refractivity contribution in [2.75, 3.05) is 5.32 Å². The van der Waals surface area contributed by atoms with E-state index in [0.29, 0.717) is 0 Å². The van der Waals surface area contributed by atoms with Crippen molar-refractivity contribution in [2.24, 2.45) is 0 Å². The summed E-state index contributed by atoms with van der Waals surface area (Å²) in [5.41, 5.74) is 3.12. The first-order chi connectivity index (χ1) is 10.7. The van der Waals surface area contributed by atoms with E-state index in [1.807, 2.05) is 18.2 Å². The topological polar surface area (TPSA) is 67.2 Å². The van der Waals surface area contributed by atoms with Gasteiger partial charge in [0, 0.05) is 12.2 Å². The van der Waals surface area contributed by atoms with E-state index in [-0.39, 0.29) is 5.56 Å². The minimum absolute atomic E-state index is 0.271. The van der Waals surface area contributed by atoms with Crippen LogP contribution in [0.5, 0.6) is 0 Å². The summed E-state index contributed by atoms with van der Waals surface area (Å²) >= 11 is 0. The van der Waals surface area contributed by atoms with Gasteiger partial charge in [-0.1, -0.05) is 19.1 Å². The van der Waals surface area contributed by atoms with E-state index in [1.165, 1.54) is 0 Å². The van der Waals surface area contributed by atoms with Crippen LogP contribution >= 0.6 is 0 Å². The number of para-hydroxylation sites is 2. The fourth-order valence-electron chi connectivity index (χ4n) is 2.45. The second-order valence-corrected chi connectivity index (χ2v) is 5.08. The molecule has 0 unspecified atom stereocenters. The molecule has 0 spiro atoms. The third kappa shape index (κ3) is 2.65. The molecule has 0 aliphatic rings. The van der Waals surface area contributed by atoms with Gasteiger partial charge < -0.3 is 15.0 Å². The Morgan fingerprint density at radius 3 is 2.59 bits per heavy atom. The third-order valence-electron chi connectivity index (χ3n) is 3.49. The smallest absolute Gasteiger partial charge is 0.335 e. The Bertz CT molecular complexity index is 806. The number of aryl methyl sites for hydroxylation is 1. The quantitative estimate of drug-likeness (QED) is 0.749. The lowest BCUT2D eigenvalue weighted by Crippen LogP contribution is -2.04. The van der Waals surface area contributed by atoms with E-state index in [0.717, 1.165) is 35.6 Å². The Kier molecular flexibility index (Phi) is 3.78. The highest BCUT2D eigenvalue weighted by atomic mass is 16.4. The van der Waals surface area contributed by atoms with Crippen molar-refractivity contribution < 1.29 is 9.90 Å². The summed E-state index contributed by atoms with van der Waals surface area (Å²) < 4.78 is 2.14. The molecule has 0 radical (unpaired) electrons. The summed E-state index contributed by atoms with van der Waals surface area (Å²) in [6, 6.07) is 14.7. The molecular formula is C17H17N3O2. The fraction of sp³-hybridized carbons (Fsp3) is 0.176. The van der Waals surface area contributed by atoms with Gasteiger partial charge in [-0.05, 0) is 42.8 Å². The van der Waals surface area contributed by atoms with E-state index in [1.54, 1.807) is 24.3 Å². The largest absolute Gasteiger partial charge is 0.478 e. The van der Waals surface area contributed by atoms with Crippen LogP contribution in [0.25, 0.3) is 11.0 Å². The Labute approximate surface area is 128 Å². The normalized spacial score (nSPS) is 10.8. The van der Waals surface area contributed by atoms with Crippen molar-refractivity contribution in [1.29, 1.82) is 0 Å². The number of carboxylic acids is 1. The zero-order chi connectivity index (χ0) is 15.5. The van der Waals surface area contributed by atoms with Crippen LogP contribution in [0, 0.1) is 0 Å². The van der Waals surface area contributed by atoms with E-state index in [2.05, 4.69) is 27.9 Å². The van der Waals surface area contributed by atoms with Crippen molar-refractivity contribution in [3.05, 3.63) is 54.1 Å². The molecule has 1 aromatic heterocycles. The van der Waals surface area contributed by atoms with Gasteiger partial charge in [0.2, 0.25) is 5.95 Å². The first kappa shape index (κ1) is 14.1. The number of anilines is 2. The predicted octanol–water partition coefficient (Wildman–Crippen LogP) is 3.89. The van der Waals surface area contributed by atoms with Crippen molar-refractivity contribution in [1.82, 2.24) is 9.55 Å². The van der Waals surface area contributed by atoms with Crippen LogP contribution in [0.2, 0.25) is 0 Å². The second-order valence-electron chi connectivity index (χ2n) is 5.08. The molecule has 0 atom stereocenters. The molecule has 0 amide bonds. The lowest BCUT2D eigenvalue weighted by Gasteiger charge is -2.10. The van der Waals surface area contributed by atoms with Crippen molar-refractivity contribution in [3.8, 4) is 0 Å². The van der Waals surface area contributed by atoms with Crippen molar-refractivity contribution in [2.45, 2.75) is 19.9 Å². The van der Waals surface area contributed by atoms with Crippen LogP contribution in [0.4, 0.5) is 11.6 Å². The molecule has 0 bridgehead atoms. The molecular weight excluding hydrogens is 278 g/mol. The molecule has 3 rings (SSSR count). The number of imidazole rings is 1. The fourth-order valence-corrected chi connectivity index (χ4v) is 2.45. The Balaban J connectivity index is 1.95. The lowest BCUT2D eigenvalue weighted by molar-refractivity contribution is 0.0697. The van der Waals surface area contributed by atoms with Crippen molar-refractivity contribution in [3.63, 3.8) is 0 Å². The number of hydrogen-bond acceptors (Lipinski definition) is 3. The van der Waals surface area contributed by atoms with Crippen LogP contribution in [0.1, 0.15) is 23.7 Å². The number of hydrogen-bond donors (Lipinski definition) is 2. The first-order valence-electron chi connectivity index (χ1n) is 7.24. The molecule has 0 aliphatic heterocycles. The summed E-state index contributed by atoms with van der Waals surface area (Å²) in [5.74, 6) is -0.157. The van der Waals surface area contributed by atoms with Gasteiger partial charge in [-0.3, -0.25) is 0 Å². The Morgan fingerprint density at radius 2 is 1.91 bits per heavy atom. The molecule has 0 aliphatic carbocycles. The number of aromatic carboxylic acids is 1. The molecule has 2 N–H and O–H groups in total.